The highest BCUT2D eigenvalue weighted by Crippen LogP contribution is 2.24. The zero-order valence-corrected chi connectivity index (χ0v) is 7.10. The molecule has 1 atom stereocenters. The van der Waals surface area contributed by atoms with E-state index in [1.807, 2.05) is 6.08 Å². The standard InChI is InChI=1S/C9H14N2O/c12-8-9(5-3-7-11-9)4-1-2-6-10-8/h1-2,11H,3-7H2,(H,10,12)/t9-/m1/s1. The largest absolute Gasteiger partial charge is 0.351 e. The van der Waals surface area contributed by atoms with E-state index in [2.05, 4.69) is 16.7 Å². The number of carbonyl (C=O) groups excluding carboxylic acids is 1. The molecule has 0 unspecified atom stereocenters. The number of amides is 1. The molecule has 0 bridgehead atoms. The molecule has 2 rings (SSSR count). The normalized spacial score (nSPS) is 35.2. The molecule has 0 aliphatic carbocycles. The van der Waals surface area contributed by atoms with Crippen molar-refractivity contribution in [2.24, 2.45) is 0 Å². The van der Waals surface area contributed by atoms with E-state index in [1.165, 1.54) is 0 Å². The summed E-state index contributed by atoms with van der Waals surface area (Å²) in [5.41, 5.74) is -0.271. The highest BCUT2D eigenvalue weighted by atomic mass is 16.2. The van der Waals surface area contributed by atoms with Crippen molar-refractivity contribution in [1.82, 2.24) is 10.6 Å². The maximum absolute atomic E-state index is 11.6. The number of hydrogen-bond acceptors (Lipinski definition) is 2. The van der Waals surface area contributed by atoms with Crippen molar-refractivity contribution < 1.29 is 4.79 Å². The molecule has 3 nitrogen and oxygen atoms in total. The van der Waals surface area contributed by atoms with Crippen molar-refractivity contribution >= 4 is 5.91 Å². The molecule has 0 aromatic carbocycles. The van der Waals surface area contributed by atoms with Gasteiger partial charge in [-0.25, -0.2) is 0 Å². The second-order valence-electron chi connectivity index (χ2n) is 3.50. The third-order valence-corrected chi connectivity index (χ3v) is 2.69. The van der Waals surface area contributed by atoms with Crippen LogP contribution >= 0.6 is 0 Å². The minimum Gasteiger partial charge on any atom is -0.351 e. The van der Waals surface area contributed by atoms with Gasteiger partial charge in [0.25, 0.3) is 0 Å². The Kier molecular flexibility index (Phi) is 1.89. The van der Waals surface area contributed by atoms with Crippen LogP contribution in [0.4, 0.5) is 0 Å². The maximum atomic E-state index is 11.6. The first-order valence-corrected chi connectivity index (χ1v) is 4.52. The monoisotopic (exact) mass is 166 g/mol. The number of rotatable bonds is 0. The van der Waals surface area contributed by atoms with Gasteiger partial charge in [0.15, 0.2) is 0 Å². The fourth-order valence-corrected chi connectivity index (χ4v) is 1.96. The molecule has 2 N–H and O–H groups in total. The predicted octanol–water partition coefficient (Wildman–Crippen LogP) is 0.185. The highest BCUT2D eigenvalue weighted by Gasteiger charge is 2.39. The van der Waals surface area contributed by atoms with E-state index in [0.29, 0.717) is 6.54 Å². The van der Waals surface area contributed by atoms with Gasteiger partial charge in [-0.15, -0.1) is 0 Å². The summed E-state index contributed by atoms with van der Waals surface area (Å²) < 4.78 is 0. The molecular weight excluding hydrogens is 152 g/mol. The number of hydrogen-bond donors (Lipinski definition) is 2. The first-order chi connectivity index (χ1) is 5.83. The highest BCUT2D eigenvalue weighted by molar-refractivity contribution is 5.87. The summed E-state index contributed by atoms with van der Waals surface area (Å²) in [5.74, 6) is 0.171. The van der Waals surface area contributed by atoms with E-state index in [9.17, 15) is 4.79 Å². The second kappa shape index (κ2) is 2.90. The summed E-state index contributed by atoms with van der Waals surface area (Å²) in [6, 6.07) is 0. The van der Waals surface area contributed by atoms with Crippen LogP contribution in [-0.4, -0.2) is 24.5 Å². The Bertz CT molecular complexity index is 217. The Hall–Kier alpha value is -0.830. The van der Waals surface area contributed by atoms with Gasteiger partial charge in [0.2, 0.25) is 5.91 Å². The van der Waals surface area contributed by atoms with Gasteiger partial charge in [0.05, 0.1) is 0 Å². The Morgan fingerprint density at radius 2 is 2.33 bits per heavy atom. The Labute approximate surface area is 72.2 Å². The molecule has 1 amide bonds. The van der Waals surface area contributed by atoms with E-state index in [1.54, 1.807) is 0 Å². The van der Waals surface area contributed by atoms with Crippen LogP contribution in [0.25, 0.3) is 0 Å². The molecule has 1 fully saturated rings. The van der Waals surface area contributed by atoms with Gasteiger partial charge in [0.1, 0.15) is 5.54 Å². The summed E-state index contributed by atoms with van der Waals surface area (Å²) in [6.07, 6.45) is 7.05. The molecule has 0 saturated carbocycles. The van der Waals surface area contributed by atoms with Crippen molar-refractivity contribution in [1.29, 1.82) is 0 Å². The second-order valence-corrected chi connectivity index (χ2v) is 3.50. The van der Waals surface area contributed by atoms with Crippen LogP contribution in [0, 0.1) is 0 Å². The fourth-order valence-electron chi connectivity index (χ4n) is 1.96. The summed E-state index contributed by atoms with van der Waals surface area (Å²) in [4.78, 5) is 11.6. The molecule has 12 heavy (non-hydrogen) atoms. The lowest BCUT2D eigenvalue weighted by molar-refractivity contribution is -0.126. The van der Waals surface area contributed by atoms with Crippen molar-refractivity contribution in [3.63, 3.8) is 0 Å². The van der Waals surface area contributed by atoms with Crippen LogP contribution in [0.1, 0.15) is 19.3 Å². The van der Waals surface area contributed by atoms with Gasteiger partial charge in [-0.05, 0) is 25.8 Å². The van der Waals surface area contributed by atoms with E-state index in [0.717, 1.165) is 25.8 Å². The van der Waals surface area contributed by atoms with Gasteiger partial charge < -0.3 is 10.6 Å². The molecule has 0 aromatic heterocycles. The lowest BCUT2D eigenvalue weighted by Crippen LogP contribution is -2.52. The predicted molar refractivity (Wildman–Crippen MR) is 46.7 cm³/mol. The molecular formula is C9H14N2O. The molecule has 1 spiro atoms. The van der Waals surface area contributed by atoms with Crippen molar-refractivity contribution in [3.8, 4) is 0 Å². The molecule has 1 saturated heterocycles. The first-order valence-electron chi connectivity index (χ1n) is 4.52. The average Bonchev–Trinajstić information content (AvgIpc) is 2.45. The third kappa shape index (κ3) is 1.14. The van der Waals surface area contributed by atoms with E-state index < -0.39 is 0 Å². The van der Waals surface area contributed by atoms with Crippen LogP contribution in [0.3, 0.4) is 0 Å². The van der Waals surface area contributed by atoms with Gasteiger partial charge in [-0.2, -0.15) is 0 Å². The molecule has 0 aromatic rings. The smallest absolute Gasteiger partial charge is 0.240 e. The maximum Gasteiger partial charge on any atom is 0.240 e. The van der Waals surface area contributed by atoms with Crippen LogP contribution < -0.4 is 10.6 Å². The molecule has 66 valence electrons. The van der Waals surface area contributed by atoms with Crippen molar-refractivity contribution in [2.75, 3.05) is 13.1 Å². The van der Waals surface area contributed by atoms with Crippen molar-refractivity contribution in [3.05, 3.63) is 12.2 Å². The molecule has 2 heterocycles. The van der Waals surface area contributed by atoms with E-state index in [4.69, 9.17) is 0 Å². The average molecular weight is 166 g/mol. The summed E-state index contributed by atoms with van der Waals surface area (Å²) >= 11 is 0. The van der Waals surface area contributed by atoms with Gasteiger partial charge in [-0.3, -0.25) is 4.79 Å². The molecule has 2 aliphatic heterocycles. The summed E-state index contributed by atoms with van der Waals surface area (Å²) in [7, 11) is 0. The zero-order valence-electron chi connectivity index (χ0n) is 7.10. The third-order valence-electron chi connectivity index (χ3n) is 2.69. The lowest BCUT2D eigenvalue weighted by Gasteiger charge is -2.24. The van der Waals surface area contributed by atoms with Crippen LogP contribution in [0.15, 0.2) is 12.2 Å². The molecule has 2 aliphatic rings. The Morgan fingerprint density at radius 3 is 3.08 bits per heavy atom. The number of carbonyl (C=O) groups is 1. The Morgan fingerprint density at radius 1 is 1.42 bits per heavy atom. The van der Waals surface area contributed by atoms with Crippen molar-refractivity contribution in [2.45, 2.75) is 24.8 Å². The summed E-state index contributed by atoms with van der Waals surface area (Å²) in [5, 5.41) is 6.19. The minimum atomic E-state index is -0.271. The van der Waals surface area contributed by atoms with Crippen LogP contribution in [0.5, 0.6) is 0 Å². The molecule has 0 radical (unpaired) electrons. The van der Waals surface area contributed by atoms with Gasteiger partial charge in [-0.1, -0.05) is 12.2 Å². The van der Waals surface area contributed by atoms with Crippen LogP contribution in [-0.2, 0) is 4.79 Å². The minimum absolute atomic E-state index is 0.171. The zero-order chi connectivity index (χ0) is 8.44. The topological polar surface area (TPSA) is 41.1 Å². The first kappa shape index (κ1) is 7.80. The lowest BCUT2D eigenvalue weighted by atomic mass is 9.93. The van der Waals surface area contributed by atoms with Gasteiger partial charge >= 0.3 is 0 Å². The molecule has 3 heteroatoms. The van der Waals surface area contributed by atoms with E-state index in [-0.39, 0.29) is 11.4 Å². The Balaban J connectivity index is 2.19. The van der Waals surface area contributed by atoms with Crippen LogP contribution in [0.2, 0.25) is 0 Å². The van der Waals surface area contributed by atoms with E-state index >= 15 is 0 Å². The SMILES string of the molecule is O=C1NCC=CC[C@@]12CCCN2. The van der Waals surface area contributed by atoms with Gasteiger partial charge in [0, 0.05) is 6.54 Å². The quantitative estimate of drug-likeness (QED) is 0.504. The fraction of sp³-hybridized carbons (Fsp3) is 0.667. The number of nitrogens with one attached hydrogen (secondary N) is 2. The summed E-state index contributed by atoms with van der Waals surface area (Å²) in [6.45, 7) is 1.66.